The minimum Gasteiger partial charge on any atom is -0.393 e. The molecule has 0 aliphatic heterocycles. The molecule has 5 nitrogen and oxygen atoms in total. The van der Waals surface area contributed by atoms with Gasteiger partial charge in [-0.1, -0.05) is 31.9 Å². The van der Waals surface area contributed by atoms with E-state index in [-0.39, 0.29) is 29.6 Å². The standard InChI is InChI=1S/C22H36O5S/c1-4-14-11-19(24)21(2)9-8-18-17(20(14)21)6-5-15-12-16(23)7-10-22(15,18)13-27-28(3,25)26/h5,14,16-20,23-24H,4,6-13H2,1-3H3/t14-,16-,17+,18-,19-,20-,21+,22+/m0/s1. The van der Waals surface area contributed by atoms with Crippen molar-refractivity contribution in [3.8, 4) is 0 Å². The SMILES string of the molecule is CC[C@H]1C[C@H](O)[C@@]2(C)CC[C@H]3[C@@H](CC=C4C[C@@H](O)CC[C@@]43COS(C)(=O)=O)[C@H]12. The lowest BCUT2D eigenvalue weighted by molar-refractivity contribution is -0.0928. The van der Waals surface area contributed by atoms with Crippen molar-refractivity contribution in [1.29, 1.82) is 0 Å². The molecule has 6 heteroatoms. The monoisotopic (exact) mass is 412 g/mol. The highest BCUT2D eigenvalue weighted by atomic mass is 32.2. The molecule has 0 saturated heterocycles. The first-order valence-corrected chi connectivity index (χ1v) is 12.8. The number of rotatable bonds is 4. The van der Waals surface area contributed by atoms with Gasteiger partial charge in [0.25, 0.3) is 10.1 Å². The maximum absolute atomic E-state index is 11.8. The normalized spacial score (nSPS) is 48.4. The van der Waals surface area contributed by atoms with Crippen LogP contribution in [0.3, 0.4) is 0 Å². The molecule has 3 fully saturated rings. The van der Waals surface area contributed by atoms with Crippen LogP contribution in [-0.4, -0.2) is 43.7 Å². The summed E-state index contributed by atoms with van der Waals surface area (Å²) in [6.07, 6.45) is 9.94. The van der Waals surface area contributed by atoms with E-state index < -0.39 is 10.1 Å². The topological polar surface area (TPSA) is 83.8 Å². The number of allylic oxidation sites excluding steroid dienone is 1. The molecule has 0 aromatic heterocycles. The molecule has 160 valence electrons. The van der Waals surface area contributed by atoms with Gasteiger partial charge < -0.3 is 10.2 Å². The Morgan fingerprint density at radius 1 is 1.25 bits per heavy atom. The van der Waals surface area contributed by atoms with Gasteiger partial charge in [0.05, 0.1) is 25.1 Å². The van der Waals surface area contributed by atoms with E-state index in [1.165, 1.54) is 5.57 Å². The number of hydrogen-bond donors (Lipinski definition) is 2. The third kappa shape index (κ3) is 3.19. The maximum Gasteiger partial charge on any atom is 0.264 e. The largest absolute Gasteiger partial charge is 0.393 e. The van der Waals surface area contributed by atoms with Gasteiger partial charge >= 0.3 is 0 Å². The highest BCUT2D eigenvalue weighted by Crippen LogP contribution is 2.66. The first-order chi connectivity index (χ1) is 13.1. The lowest BCUT2D eigenvalue weighted by Crippen LogP contribution is -2.54. The molecule has 8 atom stereocenters. The zero-order chi connectivity index (χ0) is 20.3. The number of aliphatic hydroxyl groups excluding tert-OH is 2. The summed E-state index contributed by atoms with van der Waals surface area (Å²) in [5, 5.41) is 21.1. The molecule has 28 heavy (non-hydrogen) atoms. The molecule has 0 aromatic rings. The van der Waals surface area contributed by atoms with Gasteiger partial charge in [-0.25, -0.2) is 0 Å². The van der Waals surface area contributed by atoms with E-state index >= 15 is 0 Å². The van der Waals surface area contributed by atoms with Crippen molar-refractivity contribution >= 4 is 10.1 Å². The summed E-state index contributed by atoms with van der Waals surface area (Å²) in [7, 11) is -3.51. The predicted octanol–water partition coefficient (Wildman–Crippen LogP) is 3.26. The fraction of sp³-hybridized carbons (Fsp3) is 0.909. The lowest BCUT2D eigenvalue weighted by atomic mass is 9.46. The van der Waals surface area contributed by atoms with Gasteiger partial charge in [0, 0.05) is 5.41 Å². The smallest absolute Gasteiger partial charge is 0.264 e. The first-order valence-electron chi connectivity index (χ1n) is 11.0. The molecule has 0 bridgehead atoms. The highest BCUT2D eigenvalue weighted by molar-refractivity contribution is 7.85. The van der Waals surface area contributed by atoms with Crippen molar-refractivity contribution in [2.75, 3.05) is 12.9 Å². The maximum atomic E-state index is 11.8. The molecule has 0 heterocycles. The Balaban J connectivity index is 1.72. The Morgan fingerprint density at radius 3 is 2.68 bits per heavy atom. The van der Waals surface area contributed by atoms with Crippen LogP contribution in [0.2, 0.25) is 0 Å². The number of fused-ring (bicyclic) bond motifs is 5. The number of hydrogen-bond acceptors (Lipinski definition) is 5. The molecule has 0 radical (unpaired) electrons. The summed E-state index contributed by atoms with van der Waals surface area (Å²) in [5.74, 6) is 1.85. The van der Waals surface area contributed by atoms with Crippen LogP contribution in [-0.2, 0) is 14.3 Å². The minimum absolute atomic E-state index is 0.0275. The Hall–Kier alpha value is -0.430. The summed E-state index contributed by atoms with van der Waals surface area (Å²) in [6, 6.07) is 0. The van der Waals surface area contributed by atoms with Crippen LogP contribution in [0.5, 0.6) is 0 Å². The molecule has 0 unspecified atom stereocenters. The minimum atomic E-state index is -3.51. The van der Waals surface area contributed by atoms with Gasteiger partial charge in [0.2, 0.25) is 0 Å². The van der Waals surface area contributed by atoms with E-state index in [4.69, 9.17) is 4.18 Å². The van der Waals surface area contributed by atoms with E-state index in [0.717, 1.165) is 44.8 Å². The lowest BCUT2D eigenvalue weighted by Gasteiger charge is -2.59. The average molecular weight is 413 g/mol. The zero-order valence-electron chi connectivity index (χ0n) is 17.4. The first kappa shape index (κ1) is 20.8. The van der Waals surface area contributed by atoms with E-state index in [1.54, 1.807) is 0 Å². The Labute approximate surface area is 169 Å². The van der Waals surface area contributed by atoms with Crippen molar-refractivity contribution in [3.63, 3.8) is 0 Å². The van der Waals surface area contributed by atoms with Crippen LogP contribution in [0.1, 0.15) is 65.2 Å². The molecular formula is C22H36O5S. The van der Waals surface area contributed by atoms with Crippen molar-refractivity contribution in [2.24, 2.45) is 34.5 Å². The van der Waals surface area contributed by atoms with Crippen LogP contribution < -0.4 is 0 Å². The molecular weight excluding hydrogens is 376 g/mol. The fourth-order valence-corrected chi connectivity index (χ4v) is 8.02. The Morgan fingerprint density at radius 2 is 2.00 bits per heavy atom. The molecule has 0 amide bonds. The van der Waals surface area contributed by atoms with Crippen LogP contribution in [0.15, 0.2) is 11.6 Å². The van der Waals surface area contributed by atoms with Crippen molar-refractivity contribution in [3.05, 3.63) is 11.6 Å². The molecule has 3 saturated carbocycles. The third-order valence-electron chi connectivity index (χ3n) is 8.95. The van der Waals surface area contributed by atoms with Crippen molar-refractivity contribution in [2.45, 2.75) is 77.4 Å². The van der Waals surface area contributed by atoms with Gasteiger partial charge in [0.15, 0.2) is 0 Å². The predicted molar refractivity (Wildman–Crippen MR) is 108 cm³/mol. The van der Waals surface area contributed by atoms with Crippen molar-refractivity contribution in [1.82, 2.24) is 0 Å². The molecule has 0 spiro atoms. The fourth-order valence-electron chi connectivity index (χ4n) is 7.60. The average Bonchev–Trinajstić information content (AvgIpc) is 2.90. The van der Waals surface area contributed by atoms with Gasteiger partial charge in [-0.3, -0.25) is 4.18 Å². The summed E-state index contributed by atoms with van der Waals surface area (Å²) in [6.45, 7) is 4.71. The van der Waals surface area contributed by atoms with Crippen LogP contribution in [0, 0.1) is 34.5 Å². The van der Waals surface area contributed by atoms with Crippen LogP contribution >= 0.6 is 0 Å². The van der Waals surface area contributed by atoms with E-state index in [9.17, 15) is 18.6 Å². The molecule has 4 aliphatic rings. The van der Waals surface area contributed by atoms with E-state index in [0.29, 0.717) is 36.5 Å². The summed E-state index contributed by atoms with van der Waals surface area (Å²) in [4.78, 5) is 0. The molecule has 2 N–H and O–H groups in total. The third-order valence-corrected chi connectivity index (χ3v) is 9.49. The van der Waals surface area contributed by atoms with Gasteiger partial charge in [-0.15, -0.1) is 0 Å². The summed E-state index contributed by atoms with van der Waals surface area (Å²) >= 11 is 0. The van der Waals surface area contributed by atoms with Gasteiger partial charge in [-0.2, -0.15) is 8.42 Å². The molecule has 0 aromatic carbocycles. The van der Waals surface area contributed by atoms with Crippen molar-refractivity contribution < 1.29 is 22.8 Å². The van der Waals surface area contributed by atoms with Crippen LogP contribution in [0.25, 0.3) is 0 Å². The second kappa shape index (κ2) is 7.07. The molecule has 4 aliphatic carbocycles. The van der Waals surface area contributed by atoms with Crippen LogP contribution in [0.4, 0.5) is 0 Å². The van der Waals surface area contributed by atoms with E-state index in [1.807, 2.05) is 0 Å². The Bertz CT molecular complexity index is 746. The quantitative estimate of drug-likeness (QED) is 0.547. The highest BCUT2D eigenvalue weighted by Gasteiger charge is 2.62. The molecule has 4 rings (SSSR count). The summed E-state index contributed by atoms with van der Waals surface area (Å²) in [5.41, 5.74) is 0.907. The number of aliphatic hydroxyl groups is 2. The van der Waals surface area contributed by atoms with Gasteiger partial charge in [0.1, 0.15) is 0 Å². The van der Waals surface area contributed by atoms with Gasteiger partial charge in [-0.05, 0) is 74.0 Å². The van der Waals surface area contributed by atoms with E-state index in [2.05, 4.69) is 19.9 Å². The second-order valence-corrected chi connectivity index (χ2v) is 11.9. The second-order valence-electron chi connectivity index (χ2n) is 10.2. The summed E-state index contributed by atoms with van der Waals surface area (Å²) < 4.78 is 29.1. The zero-order valence-corrected chi connectivity index (χ0v) is 18.2. The Kier molecular flexibility index (Phi) is 5.26.